The van der Waals surface area contributed by atoms with Gasteiger partial charge in [-0.15, -0.1) is 0 Å². The normalized spacial score (nSPS) is 25.9. The molecular formula is C22H23NO7. The Balaban J connectivity index is 1.64. The van der Waals surface area contributed by atoms with Crippen molar-refractivity contribution in [1.82, 2.24) is 0 Å². The third kappa shape index (κ3) is 4.91. The highest BCUT2D eigenvalue weighted by Crippen LogP contribution is 2.23. The van der Waals surface area contributed by atoms with Gasteiger partial charge in [-0.05, 0) is 19.1 Å². The van der Waals surface area contributed by atoms with Crippen molar-refractivity contribution in [2.24, 2.45) is 5.73 Å². The Morgan fingerprint density at radius 1 is 1.00 bits per heavy atom. The number of Topliss-reactive ketones (excluding diaryl/α,β-unsaturated/α-hetero) is 1. The van der Waals surface area contributed by atoms with E-state index in [1.54, 1.807) is 55.5 Å². The smallest absolute Gasteiger partial charge is 0.380 e. The van der Waals surface area contributed by atoms with Gasteiger partial charge in [-0.25, -0.2) is 9.59 Å². The SMILES string of the molecule is CC1OC(COC(=O)c2ccccc2)C(O)C(OC(=O)C(=O)c2ccccc2)C1N. The largest absolute Gasteiger partial charge is 0.459 e. The summed E-state index contributed by atoms with van der Waals surface area (Å²) in [6.07, 6.45) is -4.17. The van der Waals surface area contributed by atoms with Gasteiger partial charge in [-0.1, -0.05) is 48.5 Å². The predicted molar refractivity (Wildman–Crippen MR) is 106 cm³/mol. The molecule has 1 aliphatic rings. The molecule has 158 valence electrons. The number of aliphatic hydroxyl groups excluding tert-OH is 1. The minimum absolute atomic E-state index is 0.166. The van der Waals surface area contributed by atoms with Crippen LogP contribution in [0.25, 0.3) is 0 Å². The molecule has 1 aliphatic heterocycles. The van der Waals surface area contributed by atoms with Crippen LogP contribution in [0.3, 0.4) is 0 Å². The minimum atomic E-state index is -1.38. The lowest BCUT2D eigenvalue weighted by Crippen LogP contribution is -2.62. The molecular weight excluding hydrogens is 390 g/mol. The molecule has 0 aromatic heterocycles. The van der Waals surface area contributed by atoms with Crippen LogP contribution in [-0.4, -0.2) is 59.9 Å². The fourth-order valence-corrected chi connectivity index (χ4v) is 3.14. The lowest BCUT2D eigenvalue weighted by Gasteiger charge is -2.41. The Bertz CT molecular complexity index is 887. The van der Waals surface area contributed by atoms with Crippen LogP contribution in [0, 0.1) is 0 Å². The molecule has 0 aliphatic carbocycles. The van der Waals surface area contributed by atoms with Crippen molar-refractivity contribution in [2.75, 3.05) is 6.61 Å². The number of ether oxygens (including phenoxy) is 3. The first kappa shape index (κ1) is 21.6. The number of benzene rings is 2. The van der Waals surface area contributed by atoms with Crippen molar-refractivity contribution in [3.63, 3.8) is 0 Å². The summed E-state index contributed by atoms with van der Waals surface area (Å²) in [5, 5.41) is 10.6. The topological polar surface area (TPSA) is 125 Å². The van der Waals surface area contributed by atoms with E-state index < -0.39 is 48.2 Å². The second-order valence-corrected chi connectivity index (χ2v) is 6.98. The Morgan fingerprint density at radius 2 is 1.57 bits per heavy atom. The number of aliphatic hydroxyl groups is 1. The maximum absolute atomic E-state index is 12.3. The first-order valence-corrected chi connectivity index (χ1v) is 9.50. The molecule has 5 atom stereocenters. The van der Waals surface area contributed by atoms with E-state index in [-0.39, 0.29) is 12.2 Å². The van der Waals surface area contributed by atoms with E-state index in [4.69, 9.17) is 19.9 Å². The summed E-state index contributed by atoms with van der Waals surface area (Å²) in [5.74, 6) is -2.56. The predicted octanol–water partition coefficient (Wildman–Crippen LogP) is 1.11. The van der Waals surface area contributed by atoms with Gasteiger partial charge in [-0.3, -0.25) is 4.79 Å². The van der Waals surface area contributed by atoms with E-state index in [0.717, 1.165) is 0 Å². The molecule has 0 saturated carbocycles. The number of carbonyl (C=O) groups excluding carboxylic acids is 3. The molecule has 1 fully saturated rings. The van der Waals surface area contributed by atoms with Crippen molar-refractivity contribution in [2.45, 2.75) is 37.4 Å². The van der Waals surface area contributed by atoms with Crippen molar-refractivity contribution in [1.29, 1.82) is 0 Å². The summed E-state index contributed by atoms with van der Waals surface area (Å²) in [6, 6.07) is 15.4. The fourth-order valence-electron chi connectivity index (χ4n) is 3.14. The molecule has 8 heteroatoms. The lowest BCUT2D eigenvalue weighted by molar-refractivity contribution is -0.200. The molecule has 3 N–H and O–H groups in total. The van der Waals surface area contributed by atoms with Gasteiger partial charge < -0.3 is 25.1 Å². The molecule has 8 nitrogen and oxygen atoms in total. The maximum atomic E-state index is 12.3. The van der Waals surface area contributed by atoms with E-state index >= 15 is 0 Å². The van der Waals surface area contributed by atoms with E-state index in [2.05, 4.69) is 0 Å². The zero-order valence-electron chi connectivity index (χ0n) is 16.3. The van der Waals surface area contributed by atoms with E-state index in [1.165, 1.54) is 12.1 Å². The first-order chi connectivity index (χ1) is 14.4. The monoisotopic (exact) mass is 413 g/mol. The third-order valence-corrected chi connectivity index (χ3v) is 4.88. The minimum Gasteiger partial charge on any atom is -0.459 e. The van der Waals surface area contributed by atoms with E-state index in [0.29, 0.717) is 5.56 Å². The van der Waals surface area contributed by atoms with Gasteiger partial charge in [0.25, 0.3) is 5.78 Å². The van der Waals surface area contributed by atoms with Crippen LogP contribution in [0.15, 0.2) is 60.7 Å². The molecule has 2 aromatic rings. The summed E-state index contributed by atoms with van der Waals surface area (Å²) in [6.45, 7) is 1.37. The Morgan fingerprint density at radius 3 is 2.17 bits per heavy atom. The standard InChI is InChI=1S/C22H23NO7/c1-13-17(23)20(30-22(27)18(24)14-8-4-2-5-9-14)19(25)16(29-13)12-28-21(26)15-10-6-3-7-11-15/h2-11,13,16-17,19-20,25H,12,23H2,1H3. The van der Waals surface area contributed by atoms with Crippen molar-refractivity contribution < 1.29 is 33.7 Å². The van der Waals surface area contributed by atoms with E-state index in [1.807, 2.05) is 0 Å². The first-order valence-electron chi connectivity index (χ1n) is 9.50. The fraction of sp³-hybridized carbons (Fsp3) is 0.318. The Hall–Kier alpha value is -3.07. The molecule has 2 aromatic carbocycles. The van der Waals surface area contributed by atoms with Gasteiger partial charge in [0.1, 0.15) is 24.9 Å². The van der Waals surface area contributed by atoms with Crippen LogP contribution >= 0.6 is 0 Å². The number of hydrogen-bond donors (Lipinski definition) is 2. The van der Waals surface area contributed by atoms with Crippen LogP contribution in [0.4, 0.5) is 0 Å². The molecule has 1 heterocycles. The van der Waals surface area contributed by atoms with Gasteiger partial charge in [0.2, 0.25) is 0 Å². The molecule has 0 spiro atoms. The molecule has 30 heavy (non-hydrogen) atoms. The molecule has 0 amide bonds. The highest BCUT2D eigenvalue weighted by Gasteiger charge is 2.45. The molecule has 5 unspecified atom stereocenters. The summed E-state index contributed by atoms with van der Waals surface area (Å²) in [5.41, 5.74) is 6.54. The van der Waals surface area contributed by atoms with Gasteiger partial charge in [0, 0.05) is 5.56 Å². The average Bonchev–Trinajstić information content (AvgIpc) is 2.78. The van der Waals surface area contributed by atoms with Crippen LogP contribution < -0.4 is 5.73 Å². The molecule has 1 saturated heterocycles. The second-order valence-electron chi connectivity index (χ2n) is 6.98. The summed E-state index contributed by atoms with van der Waals surface area (Å²) in [4.78, 5) is 36.7. The average molecular weight is 413 g/mol. The molecule has 0 bridgehead atoms. The second kappa shape index (κ2) is 9.62. The summed E-state index contributed by atoms with van der Waals surface area (Å²) < 4.78 is 16.1. The van der Waals surface area contributed by atoms with Gasteiger partial charge >= 0.3 is 11.9 Å². The highest BCUT2D eigenvalue weighted by molar-refractivity contribution is 6.40. The Kier molecular flexibility index (Phi) is 6.94. The number of rotatable bonds is 6. The van der Waals surface area contributed by atoms with Crippen LogP contribution in [0.5, 0.6) is 0 Å². The summed E-state index contributed by atoms with van der Waals surface area (Å²) in [7, 11) is 0. The zero-order valence-corrected chi connectivity index (χ0v) is 16.3. The lowest BCUT2D eigenvalue weighted by atomic mass is 9.94. The van der Waals surface area contributed by atoms with Crippen molar-refractivity contribution in [3.05, 3.63) is 71.8 Å². The van der Waals surface area contributed by atoms with Crippen LogP contribution in [0.1, 0.15) is 27.6 Å². The number of esters is 2. The quantitative estimate of drug-likeness (QED) is 0.410. The number of ketones is 1. The van der Waals surface area contributed by atoms with Gasteiger partial charge in [0.05, 0.1) is 17.7 Å². The Labute approximate surface area is 173 Å². The highest BCUT2D eigenvalue weighted by atomic mass is 16.6. The maximum Gasteiger partial charge on any atom is 0.380 e. The number of carbonyl (C=O) groups is 3. The van der Waals surface area contributed by atoms with E-state index in [9.17, 15) is 19.5 Å². The molecule has 0 radical (unpaired) electrons. The molecule has 3 rings (SSSR count). The third-order valence-electron chi connectivity index (χ3n) is 4.88. The van der Waals surface area contributed by atoms with Gasteiger partial charge in [-0.2, -0.15) is 0 Å². The van der Waals surface area contributed by atoms with Crippen molar-refractivity contribution >= 4 is 17.7 Å². The number of nitrogens with two attached hydrogens (primary N) is 1. The number of hydrogen-bond acceptors (Lipinski definition) is 8. The van der Waals surface area contributed by atoms with Crippen LogP contribution in [-0.2, 0) is 19.0 Å². The summed E-state index contributed by atoms with van der Waals surface area (Å²) >= 11 is 0. The van der Waals surface area contributed by atoms with Crippen molar-refractivity contribution in [3.8, 4) is 0 Å². The van der Waals surface area contributed by atoms with Crippen LogP contribution in [0.2, 0.25) is 0 Å². The zero-order chi connectivity index (χ0) is 21.7. The van der Waals surface area contributed by atoms with Gasteiger partial charge in [0.15, 0.2) is 0 Å².